The van der Waals surface area contributed by atoms with Crippen LogP contribution in [0, 0.1) is 0 Å². The smallest absolute Gasteiger partial charge is 0.0639 e. The van der Waals surface area contributed by atoms with E-state index in [1.807, 2.05) is 0 Å². The molecule has 3 nitrogen and oxygen atoms in total. The van der Waals surface area contributed by atoms with Gasteiger partial charge < -0.3 is 14.8 Å². The molecular weight excluding hydrogens is 154 g/mol. The molecule has 0 fully saturated rings. The number of hydrogen-bond acceptors (Lipinski definition) is 3. The van der Waals surface area contributed by atoms with Crippen LogP contribution in [-0.4, -0.2) is 39.5 Å². The van der Waals surface area contributed by atoms with Crippen LogP contribution in [0.5, 0.6) is 0 Å². The largest absolute Gasteiger partial charge is 0.385 e. The van der Waals surface area contributed by atoms with Crippen molar-refractivity contribution in [2.45, 2.75) is 25.8 Å². The molecule has 0 aromatic carbocycles. The molecule has 0 spiro atoms. The number of methoxy groups -OCH3 is 2. The summed E-state index contributed by atoms with van der Waals surface area (Å²) < 4.78 is 10.0. The molecule has 1 N–H and O–H groups in total. The van der Waals surface area contributed by atoms with Gasteiger partial charge in [0.2, 0.25) is 0 Å². The van der Waals surface area contributed by atoms with Gasteiger partial charge >= 0.3 is 0 Å². The number of hydrogen-bond donors (Lipinski definition) is 1. The highest BCUT2D eigenvalue weighted by Gasteiger charge is 2.15. The Hall–Kier alpha value is -0.120. The summed E-state index contributed by atoms with van der Waals surface area (Å²) in [5.74, 6) is 0. The van der Waals surface area contributed by atoms with Crippen LogP contribution in [0.3, 0.4) is 0 Å². The van der Waals surface area contributed by atoms with Crippen LogP contribution in [0.4, 0.5) is 0 Å². The van der Waals surface area contributed by atoms with Crippen molar-refractivity contribution in [3.63, 3.8) is 0 Å². The third-order valence-electron chi connectivity index (χ3n) is 1.63. The first-order chi connectivity index (χ1) is 5.62. The third-order valence-corrected chi connectivity index (χ3v) is 1.63. The van der Waals surface area contributed by atoms with Gasteiger partial charge in [-0.15, -0.1) is 0 Å². The minimum Gasteiger partial charge on any atom is -0.385 e. The van der Waals surface area contributed by atoms with E-state index in [0.29, 0.717) is 0 Å². The van der Waals surface area contributed by atoms with Crippen LogP contribution >= 0.6 is 0 Å². The van der Waals surface area contributed by atoms with Crippen LogP contribution in [0.2, 0.25) is 0 Å². The minimum atomic E-state index is 0.0719. The molecule has 0 aromatic rings. The predicted molar refractivity (Wildman–Crippen MR) is 50.5 cm³/mol. The maximum absolute atomic E-state index is 5.07. The first-order valence-electron chi connectivity index (χ1n) is 4.35. The second kappa shape index (κ2) is 6.40. The van der Waals surface area contributed by atoms with Gasteiger partial charge in [0.25, 0.3) is 0 Å². The average molecular weight is 175 g/mol. The molecule has 0 saturated heterocycles. The van der Waals surface area contributed by atoms with Crippen LogP contribution in [0.1, 0.15) is 20.3 Å². The van der Waals surface area contributed by atoms with Crippen molar-refractivity contribution in [1.82, 2.24) is 5.32 Å². The highest BCUT2D eigenvalue weighted by molar-refractivity contribution is 4.76. The first kappa shape index (κ1) is 11.9. The fraction of sp³-hybridized carbons (Fsp3) is 1.00. The van der Waals surface area contributed by atoms with Gasteiger partial charge in [-0.2, -0.15) is 0 Å². The monoisotopic (exact) mass is 175 g/mol. The molecule has 0 aliphatic heterocycles. The summed E-state index contributed by atoms with van der Waals surface area (Å²) in [7, 11) is 3.44. The van der Waals surface area contributed by atoms with Gasteiger partial charge in [0.1, 0.15) is 0 Å². The van der Waals surface area contributed by atoms with Crippen LogP contribution in [0.25, 0.3) is 0 Å². The molecule has 0 atom stereocenters. The van der Waals surface area contributed by atoms with Crippen LogP contribution < -0.4 is 5.32 Å². The number of ether oxygens (including phenoxy) is 2. The molecule has 0 aliphatic carbocycles. The zero-order chi connectivity index (χ0) is 9.45. The van der Waals surface area contributed by atoms with Crippen LogP contribution in [0.15, 0.2) is 0 Å². The molecule has 74 valence electrons. The molecule has 0 aromatic heterocycles. The van der Waals surface area contributed by atoms with E-state index in [4.69, 9.17) is 9.47 Å². The van der Waals surface area contributed by atoms with Gasteiger partial charge in [0.15, 0.2) is 0 Å². The van der Waals surface area contributed by atoms with Crippen molar-refractivity contribution >= 4 is 0 Å². The Morgan fingerprint density at radius 3 is 2.33 bits per heavy atom. The average Bonchev–Trinajstić information content (AvgIpc) is 1.98. The van der Waals surface area contributed by atoms with E-state index in [0.717, 1.165) is 26.2 Å². The van der Waals surface area contributed by atoms with E-state index in [2.05, 4.69) is 19.2 Å². The van der Waals surface area contributed by atoms with E-state index < -0.39 is 0 Å². The molecular formula is C9H21NO2. The normalized spacial score (nSPS) is 12.0. The Morgan fingerprint density at radius 1 is 1.17 bits per heavy atom. The molecule has 0 saturated carbocycles. The molecule has 0 radical (unpaired) electrons. The fourth-order valence-electron chi connectivity index (χ4n) is 1.06. The number of nitrogens with one attached hydrogen (secondary N) is 1. The van der Waals surface area contributed by atoms with Crippen molar-refractivity contribution in [1.29, 1.82) is 0 Å². The van der Waals surface area contributed by atoms with E-state index in [1.165, 1.54) is 0 Å². The summed E-state index contributed by atoms with van der Waals surface area (Å²) in [6, 6.07) is 0. The summed E-state index contributed by atoms with van der Waals surface area (Å²) >= 11 is 0. The van der Waals surface area contributed by atoms with E-state index >= 15 is 0 Å². The van der Waals surface area contributed by atoms with E-state index in [1.54, 1.807) is 14.2 Å². The fourth-order valence-corrected chi connectivity index (χ4v) is 1.06. The van der Waals surface area contributed by atoms with Gasteiger partial charge in [-0.3, -0.25) is 0 Å². The Bertz CT molecular complexity index is 105. The van der Waals surface area contributed by atoms with Crippen molar-refractivity contribution in [2.24, 2.45) is 0 Å². The summed E-state index contributed by atoms with van der Waals surface area (Å²) in [6.45, 7) is 6.78. The Morgan fingerprint density at radius 2 is 1.83 bits per heavy atom. The summed E-state index contributed by atoms with van der Waals surface area (Å²) in [4.78, 5) is 0. The van der Waals surface area contributed by atoms with Crippen molar-refractivity contribution < 1.29 is 9.47 Å². The molecule has 0 unspecified atom stereocenters. The lowest BCUT2D eigenvalue weighted by atomic mass is 10.1. The molecule has 0 amide bonds. The third kappa shape index (κ3) is 6.58. The molecule has 12 heavy (non-hydrogen) atoms. The predicted octanol–water partition coefficient (Wildman–Crippen LogP) is 1.04. The van der Waals surface area contributed by atoms with Crippen molar-refractivity contribution in [3.05, 3.63) is 0 Å². The minimum absolute atomic E-state index is 0.0719. The maximum Gasteiger partial charge on any atom is 0.0639 e. The molecule has 0 rings (SSSR count). The quantitative estimate of drug-likeness (QED) is 0.586. The standard InChI is InChI=1S/C9H21NO2/c1-9(2,8-12-4)10-6-5-7-11-3/h10H,5-8H2,1-4H3. The van der Waals surface area contributed by atoms with Gasteiger partial charge in [0.05, 0.1) is 6.61 Å². The molecule has 0 bridgehead atoms. The summed E-state index contributed by atoms with van der Waals surface area (Å²) in [5.41, 5.74) is 0.0719. The van der Waals surface area contributed by atoms with Crippen LogP contribution in [-0.2, 0) is 9.47 Å². The lowest BCUT2D eigenvalue weighted by Crippen LogP contribution is -2.43. The summed E-state index contributed by atoms with van der Waals surface area (Å²) in [5, 5.41) is 3.39. The zero-order valence-electron chi connectivity index (χ0n) is 8.64. The SMILES string of the molecule is COCCCNC(C)(C)COC. The Labute approximate surface area is 75.4 Å². The van der Waals surface area contributed by atoms with Gasteiger partial charge in [-0.25, -0.2) is 0 Å². The number of rotatable bonds is 7. The molecule has 0 aliphatic rings. The lowest BCUT2D eigenvalue weighted by molar-refractivity contribution is 0.125. The van der Waals surface area contributed by atoms with Crippen molar-refractivity contribution in [3.8, 4) is 0 Å². The van der Waals surface area contributed by atoms with Gasteiger partial charge in [-0.1, -0.05) is 0 Å². The van der Waals surface area contributed by atoms with E-state index in [-0.39, 0.29) is 5.54 Å². The molecule has 3 heteroatoms. The summed E-state index contributed by atoms with van der Waals surface area (Å²) in [6.07, 6.45) is 1.05. The topological polar surface area (TPSA) is 30.5 Å². The Kier molecular flexibility index (Phi) is 6.34. The second-order valence-corrected chi connectivity index (χ2v) is 3.59. The van der Waals surface area contributed by atoms with Crippen molar-refractivity contribution in [2.75, 3.05) is 34.0 Å². The first-order valence-corrected chi connectivity index (χ1v) is 4.35. The second-order valence-electron chi connectivity index (χ2n) is 3.59. The van der Waals surface area contributed by atoms with Gasteiger partial charge in [0, 0.05) is 26.4 Å². The highest BCUT2D eigenvalue weighted by atomic mass is 16.5. The zero-order valence-corrected chi connectivity index (χ0v) is 8.64. The highest BCUT2D eigenvalue weighted by Crippen LogP contribution is 2.01. The molecule has 0 heterocycles. The lowest BCUT2D eigenvalue weighted by Gasteiger charge is -2.25. The van der Waals surface area contributed by atoms with E-state index in [9.17, 15) is 0 Å². The maximum atomic E-state index is 5.07. The van der Waals surface area contributed by atoms with Gasteiger partial charge in [-0.05, 0) is 26.8 Å². The Balaban J connectivity index is 3.33.